The van der Waals surface area contributed by atoms with E-state index in [9.17, 15) is 14.4 Å². The summed E-state index contributed by atoms with van der Waals surface area (Å²) in [6, 6.07) is 17.9. The molecule has 2 aromatic rings. The van der Waals surface area contributed by atoms with Crippen LogP contribution in [0.2, 0.25) is 0 Å². The lowest BCUT2D eigenvalue weighted by molar-refractivity contribution is -0.140. The van der Waals surface area contributed by atoms with Gasteiger partial charge in [-0.25, -0.2) is 14.4 Å². The molecule has 0 spiro atoms. The van der Waals surface area contributed by atoms with Crippen molar-refractivity contribution in [1.29, 1.82) is 0 Å². The van der Waals surface area contributed by atoms with E-state index in [-0.39, 0.29) is 12.3 Å². The molecule has 152 valence electrons. The van der Waals surface area contributed by atoms with Crippen molar-refractivity contribution >= 4 is 24.3 Å². The van der Waals surface area contributed by atoms with Crippen LogP contribution >= 0.6 is 0 Å². The Balaban J connectivity index is 2.08. The fourth-order valence-electron chi connectivity index (χ4n) is 2.14. The molecule has 7 heteroatoms. The monoisotopic (exact) mass is 397 g/mol. The van der Waals surface area contributed by atoms with Crippen LogP contribution in [0.1, 0.15) is 31.9 Å². The predicted octanol–water partition coefficient (Wildman–Crippen LogP) is 4.43. The first-order valence-electron chi connectivity index (χ1n) is 8.92. The second-order valence-corrected chi connectivity index (χ2v) is 7.01. The normalized spacial score (nSPS) is 11.3. The third-order valence-corrected chi connectivity index (χ3v) is 3.35. The Morgan fingerprint density at radius 2 is 1.52 bits per heavy atom. The lowest BCUT2D eigenvalue weighted by atomic mass is 10.2. The first-order chi connectivity index (χ1) is 13.7. The first-order valence-corrected chi connectivity index (χ1v) is 8.92. The molecule has 7 nitrogen and oxygen atoms in total. The molecule has 0 atom stereocenters. The predicted molar refractivity (Wildman–Crippen MR) is 107 cm³/mol. The highest BCUT2D eigenvalue weighted by Crippen LogP contribution is 2.11. The van der Waals surface area contributed by atoms with E-state index in [0.717, 1.165) is 5.56 Å². The van der Waals surface area contributed by atoms with E-state index in [2.05, 4.69) is 10.1 Å². The van der Waals surface area contributed by atoms with E-state index >= 15 is 0 Å². The average Bonchev–Trinajstić information content (AvgIpc) is 2.65. The summed E-state index contributed by atoms with van der Waals surface area (Å²) >= 11 is 0. The van der Waals surface area contributed by atoms with Crippen molar-refractivity contribution in [2.75, 3.05) is 0 Å². The van der Waals surface area contributed by atoms with Crippen LogP contribution in [0.25, 0.3) is 6.08 Å². The maximum Gasteiger partial charge on any atom is 0.517 e. The van der Waals surface area contributed by atoms with Gasteiger partial charge in [-0.2, -0.15) is 0 Å². The highest BCUT2D eigenvalue weighted by molar-refractivity contribution is 5.97. The number of carbonyl (C=O) groups is 3. The number of amides is 1. The fraction of sp³-hybridized carbons (Fsp3) is 0.227. The van der Waals surface area contributed by atoms with Gasteiger partial charge in [0.25, 0.3) is 0 Å². The molecule has 0 aliphatic rings. The number of hydrogen-bond acceptors (Lipinski definition) is 6. The second-order valence-electron chi connectivity index (χ2n) is 7.01. The highest BCUT2D eigenvalue weighted by Gasteiger charge is 2.22. The van der Waals surface area contributed by atoms with Crippen molar-refractivity contribution in [3.63, 3.8) is 0 Å². The van der Waals surface area contributed by atoms with Crippen LogP contribution in [0.3, 0.4) is 0 Å². The van der Waals surface area contributed by atoms with E-state index < -0.39 is 23.8 Å². The van der Waals surface area contributed by atoms with Gasteiger partial charge in [0.15, 0.2) is 0 Å². The van der Waals surface area contributed by atoms with Crippen LogP contribution in [0.15, 0.2) is 66.4 Å². The standard InChI is InChI=1S/C22H23NO6/c1-22(2,3)29-21(26)28-20(25)23-18(14-16-10-6-4-7-11-16)19(24)27-15-17-12-8-5-9-13-17/h4-14H,15H2,1-3H3,(H,23,25)/b18-14-. The SMILES string of the molecule is CC(C)(C)OC(=O)OC(=O)N/C(=C\c1ccccc1)C(=O)OCc1ccccc1. The zero-order valence-corrected chi connectivity index (χ0v) is 16.5. The number of hydrogen-bond donors (Lipinski definition) is 1. The van der Waals surface area contributed by atoms with E-state index in [0.29, 0.717) is 5.56 Å². The minimum atomic E-state index is -1.17. The zero-order chi connectivity index (χ0) is 21.3. The molecule has 0 saturated heterocycles. The van der Waals surface area contributed by atoms with Crippen molar-refractivity contribution in [2.45, 2.75) is 33.0 Å². The largest absolute Gasteiger partial charge is 0.517 e. The lowest BCUT2D eigenvalue weighted by Crippen LogP contribution is -2.33. The molecule has 0 aromatic heterocycles. The van der Waals surface area contributed by atoms with E-state index in [1.54, 1.807) is 57.2 Å². The smallest absolute Gasteiger partial charge is 0.456 e. The molecule has 0 aliphatic carbocycles. The maximum atomic E-state index is 12.5. The summed E-state index contributed by atoms with van der Waals surface area (Å²) in [6.07, 6.45) is -0.909. The maximum absolute atomic E-state index is 12.5. The van der Waals surface area contributed by atoms with E-state index in [1.807, 2.05) is 24.3 Å². The molecule has 0 bridgehead atoms. The number of carbonyl (C=O) groups excluding carboxylic acids is 3. The van der Waals surface area contributed by atoms with Crippen LogP contribution in [0.4, 0.5) is 9.59 Å². The van der Waals surface area contributed by atoms with Crippen LogP contribution in [0, 0.1) is 0 Å². The minimum Gasteiger partial charge on any atom is -0.456 e. The summed E-state index contributed by atoms with van der Waals surface area (Å²) in [5.41, 5.74) is 0.433. The summed E-state index contributed by atoms with van der Waals surface area (Å²) in [5.74, 6) is -0.779. The fourth-order valence-corrected chi connectivity index (χ4v) is 2.14. The van der Waals surface area contributed by atoms with Gasteiger partial charge >= 0.3 is 18.2 Å². The summed E-state index contributed by atoms with van der Waals surface area (Å²) in [7, 11) is 0. The Labute approximate surface area is 169 Å². The van der Waals surface area contributed by atoms with Gasteiger partial charge < -0.3 is 14.2 Å². The highest BCUT2D eigenvalue weighted by atomic mass is 16.8. The van der Waals surface area contributed by atoms with Gasteiger partial charge in [-0.1, -0.05) is 60.7 Å². The lowest BCUT2D eigenvalue weighted by Gasteiger charge is -2.18. The van der Waals surface area contributed by atoms with Crippen molar-refractivity contribution < 1.29 is 28.6 Å². The zero-order valence-electron chi connectivity index (χ0n) is 16.5. The van der Waals surface area contributed by atoms with Crippen molar-refractivity contribution in [3.8, 4) is 0 Å². The van der Waals surface area contributed by atoms with Crippen molar-refractivity contribution in [2.24, 2.45) is 0 Å². The third kappa shape index (κ3) is 8.30. The third-order valence-electron chi connectivity index (χ3n) is 3.35. The molecule has 0 fully saturated rings. The van der Waals surface area contributed by atoms with Gasteiger partial charge in [0, 0.05) is 0 Å². The summed E-state index contributed by atoms with van der Waals surface area (Å²) < 4.78 is 14.7. The molecule has 0 unspecified atom stereocenters. The number of benzene rings is 2. The van der Waals surface area contributed by atoms with Gasteiger partial charge in [0.05, 0.1) is 0 Å². The van der Waals surface area contributed by atoms with E-state index in [1.165, 1.54) is 6.08 Å². The van der Waals surface area contributed by atoms with Crippen LogP contribution in [0.5, 0.6) is 0 Å². The molecule has 1 N–H and O–H groups in total. The molecule has 2 aromatic carbocycles. The number of alkyl carbamates (subject to hydrolysis) is 1. The van der Waals surface area contributed by atoms with Crippen molar-refractivity contribution in [3.05, 3.63) is 77.5 Å². The first kappa shape index (κ1) is 21.7. The van der Waals surface area contributed by atoms with E-state index in [4.69, 9.17) is 9.47 Å². The summed E-state index contributed by atoms with van der Waals surface area (Å²) in [6.45, 7) is 4.92. The number of ether oxygens (including phenoxy) is 3. The molecule has 0 saturated carbocycles. The topological polar surface area (TPSA) is 90.9 Å². The minimum absolute atomic E-state index is 0.0224. The van der Waals surface area contributed by atoms with Crippen molar-refractivity contribution in [1.82, 2.24) is 5.32 Å². The molecule has 0 aliphatic heterocycles. The second kappa shape index (κ2) is 10.1. The van der Waals surface area contributed by atoms with Gasteiger partial charge in [-0.15, -0.1) is 0 Å². The molecule has 1 amide bonds. The Morgan fingerprint density at radius 1 is 0.931 bits per heavy atom. The number of rotatable bonds is 5. The Hall–Kier alpha value is -3.61. The van der Waals surface area contributed by atoms with Crippen LogP contribution in [-0.4, -0.2) is 23.8 Å². The Morgan fingerprint density at radius 3 is 2.10 bits per heavy atom. The van der Waals surface area contributed by atoms with Gasteiger partial charge in [-0.3, -0.25) is 5.32 Å². The molecule has 0 radical (unpaired) electrons. The average molecular weight is 397 g/mol. The molecule has 2 rings (SSSR count). The quantitative estimate of drug-likeness (QED) is 0.456. The van der Waals surface area contributed by atoms with Crippen LogP contribution < -0.4 is 5.32 Å². The molecule has 0 heterocycles. The Bertz CT molecular complexity index is 869. The van der Waals surface area contributed by atoms with Gasteiger partial charge in [0.2, 0.25) is 0 Å². The summed E-state index contributed by atoms with van der Waals surface area (Å²) in [5, 5.41) is 2.24. The molecular weight excluding hydrogens is 374 g/mol. The number of nitrogens with one attached hydrogen (secondary N) is 1. The Kier molecular flexibility index (Phi) is 7.54. The van der Waals surface area contributed by atoms with Gasteiger partial charge in [-0.05, 0) is 38.0 Å². The molecule has 29 heavy (non-hydrogen) atoms. The summed E-state index contributed by atoms with van der Waals surface area (Å²) in [4.78, 5) is 36.2. The van der Waals surface area contributed by atoms with Crippen LogP contribution in [-0.2, 0) is 25.6 Å². The number of esters is 1. The van der Waals surface area contributed by atoms with Gasteiger partial charge in [0.1, 0.15) is 17.9 Å². The molecular formula is C22H23NO6.